The predicted molar refractivity (Wildman–Crippen MR) is 77.6 cm³/mol. The van der Waals surface area contributed by atoms with E-state index in [0.29, 0.717) is 11.1 Å². The van der Waals surface area contributed by atoms with Gasteiger partial charge in [-0.15, -0.1) is 0 Å². The van der Waals surface area contributed by atoms with Crippen LogP contribution >= 0.6 is 0 Å². The molecule has 2 rings (SSSR count). The van der Waals surface area contributed by atoms with Gasteiger partial charge in [0.2, 0.25) is 0 Å². The Kier molecular flexibility index (Phi) is 4.22. The van der Waals surface area contributed by atoms with Gasteiger partial charge in [0.15, 0.2) is 5.78 Å². The van der Waals surface area contributed by atoms with Crippen molar-refractivity contribution in [3.63, 3.8) is 0 Å². The maximum atomic E-state index is 11.9. The summed E-state index contributed by atoms with van der Waals surface area (Å²) in [4.78, 5) is 21.9. The highest BCUT2D eigenvalue weighted by Gasteiger charge is 2.07. The number of hydrogen-bond donors (Lipinski definition) is 0. The fourth-order valence-corrected chi connectivity index (χ4v) is 1.73. The van der Waals surface area contributed by atoms with Crippen LogP contribution in [0.5, 0.6) is 0 Å². The van der Waals surface area contributed by atoms with E-state index in [1.165, 1.54) is 30.3 Å². The quantitative estimate of drug-likeness (QED) is 0.371. The van der Waals surface area contributed by atoms with Crippen LogP contribution in [0.25, 0.3) is 6.08 Å². The van der Waals surface area contributed by atoms with Crippen LogP contribution in [0.15, 0.2) is 54.6 Å². The van der Waals surface area contributed by atoms with E-state index >= 15 is 0 Å². The number of nitriles is 1. The lowest BCUT2D eigenvalue weighted by atomic mass is 10.1. The second kappa shape index (κ2) is 6.26. The molecule has 0 unspecified atom stereocenters. The number of nitro groups is 1. The van der Waals surface area contributed by atoms with Gasteiger partial charge in [0.05, 0.1) is 16.6 Å². The molecule has 0 saturated carbocycles. The number of carbonyl (C=O) groups excluding carboxylic acids is 1. The summed E-state index contributed by atoms with van der Waals surface area (Å²) in [6, 6.07) is 14.3. The third-order valence-corrected chi connectivity index (χ3v) is 2.81. The first kappa shape index (κ1) is 14.2. The van der Waals surface area contributed by atoms with Gasteiger partial charge in [-0.2, -0.15) is 5.26 Å². The van der Waals surface area contributed by atoms with Crippen molar-refractivity contribution in [2.45, 2.75) is 0 Å². The van der Waals surface area contributed by atoms with E-state index in [9.17, 15) is 14.9 Å². The number of benzene rings is 2. The van der Waals surface area contributed by atoms with Gasteiger partial charge in [-0.25, -0.2) is 0 Å². The molecule has 0 spiro atoms. The Balaban J connectivity index is 2.15. The molecule has 0 amide bonds. The Morgan fingerprint density at radius 2 is 1.90 bits per heavy atom. The number of non-ortho nitro benzene ring substituents is 1. The van der Waals surface area contributed by atoms with Crippen LogP contribution in [0.2, 0.25) is 0 Å². The lowest BCUT2D eigenvalue weighted by molar-refractivity contribution is -0.384. The summed E-state index contributed by atoms with van der Waals surface area (Å²) in [5.74, 6) is -0.257. The van der Waals surface area contributed by atoms with Crippen molar-refractivity contribution in [3.8, 4) is 6.07 Å². The van der Waals surface area contributed by atoms with Crippen LogP contribution in [-0.4, -0.2) is 10.7 Å². The summed E-state index contributed by atoms with van der Waals surface area (Å²) in [6.45, 7) is 0. The zero-order chi connectivity index (χ0) is 15.2. The van der Waals surface area contributed by atoms with Crippen LogP contribution in [0, 0.1) is 21.4 Å². The highest BCUT2D eigenvalue weighted by Crippen LogP contribution is 2.13. The van der Waals surface area contributed by atoms with Gasteiger partial charge in [0, 0.05) is 17.7 Å². The highest BCUT2D eigenvalue weighted by atomic mass is 16.6. The smallest absolute Gasteiger partial charge is 0.269 e. The molecule has 5 nitrogen and oxygen atoms in total. The van der Waals surface area contributed by atoms with Gasteiger partial charge in [-0.3, -0.25) is 14.9 Å². The molecule has 2 aromatic rings. The molecule has 0 bridgehead atoms. The molecule has 0 aliphatic carbocycles. The van der Waals surface area contributed by atoms with Crippen molar-refractivity contribution in [3.05, 3.63) is 81.4 Å². The van der Waals surface area contributed by atoms with Crippen molar-refractivity contribution in [2.24, 2.45) is 0 Å². The summed E-state index contributed by atoms with van der Waals surface area (Å²) in [5, 5.41) is 19.3. The number of nitro benzene ring substituents is 1. The Hall–Kier alpha value is -3.26. The largest absolute Gasteiger partial charge is 0.289 e. The molecule has 5 heteroatoms. The van der Waals surface area contributed by atoms with Crippen molar-refractivity contribution < 1.29 is 9.72 Å². The number of ketones is 1. The normalized spacial score (nSPS) is 10.2. The standard InChI is InChI=1S/C16H10N2O3/c17-11-13-3-1-2-12(10-13)4-9-16(19)14-5-7-15(8-6-14)18(20)21/h1-10H/b9-4+. The molecule has 21 heavy (non-hydrogen) atoms. The lowest BCUT2D eigenvalue weighted by Gasteiger charge is -1.96. The minimum atomic E-state index is -0.516. The molecule has 0 heterocycles. The summed E-state index contributed by atoms with van der Waals surface area (Å²) >= 11 is 0. The number of allylic oxidation sites excluding steroid dienone is 1. The van der Waals surface area contributed by atoms with Gasteiger partial charge in [0.1, 0.15) is 0 Å². The molecule has 0 aliphatic rings. The predicted octanol–water partition coefficient (Wildman–Crippen LogP) is 3.36. The molecule has 2 aromatic carbocycles. The van der Waals surface area contributed by atoms with Gasteiger partial charge in [-0.05, 0) is 35.9 Å². The fourth-order valence-electron chi connectivity index (χ4n) is 1.73. The van der Waals surface area contributed by atoms with Gasteiger partial charge in [0.25, 0.3) is 5.69 Å². The Morgan fingerprint density at radius 3 is 2.52 bits per heavy atom. The zero-order valence-corrected chi connectivity index (χ0v) is 10.9. The summed E-state index contributed by atoms with van der Waals surface area (Å²) in [5.41, 5.74) is 1.56. The first-order chi connectivity index (χ1) is 10.1. The number of rotatable bonds is 4. The molecule has 0 aromatic heterocycles. The molecular formula is C16H10N2O3. The van der Waals surface area contributed by atoms with Crippen LogP contribution < -0.4 is 0 Å². The Morgan fingerprint density at radius 1 is 1.19 bits per heavy atom. The number of carbonyl (C=O) groups is 1. The van der Waals surface area contributed by atoms with Gasteiger partial charge >= 0.3 is 0 Å². The molecule has 0 N–H and O–H groups in total. The van der Waals surface area contributed by atoms with Crippen molar-refractivity contribution in [2.75, 3.05) is 0 Å². The average Bonchev–Trinajstić information content (AvgIpc) is 2.53. The van der Waals surface area contributed by atoms with E-state index in [1.807, 2.05) is 6.07 Å². The highest BCUT2D eigenvalue weighted by molar-refractivity contribution is 6.06. The zero-order valence-electron chi connectivity index (χ0n) is 10.9. The summed E-state index contributed by atoms with van der Waals surface area (Å²) in [7, 11) is 0. The molecule has 0 aliphatic heterocycles. The third-order valence-electron chi connectivity index (χ3n) is 2.81. The van der Waals surface area contributed by atoms with Gasteiger partial charge < -0.3 is 0 Å². The minimum Gasteiger partial charge on any atom is -0.289 e. The topological polar surface area (TPSA) is 84.0 Å². The molecular weight excluding hydrogens is 268 g/mol. The monoisotopic (exact) mass is 278 g/mol. The second-order valence-electron chi connectivity index (χ2n) is 4.24. The number of hydrogen-bond acceptors (Lipinski definition) is 4. The molecule has 0 atom stereocenters. The van der Waals surface area contributed by atoms with E-state index in [1.54, 1.807) is 30.3 Å². The maximum Gasteiger partial charge on any atom is 0.269 e. The average molecular weight is 278 g/mol. The van der Waals surface area contributed by atoms with Gasteiger partial charge in [-0.1, -0.05) is 18.2 Å². The summed E-state index contributed by atoms with van der Waals surface area (Å²) < 4.78 is 0. The second-order valence-corrected chi connectivity index (χ2v) is 4.24. The third kappa shape index (κ3) is 3.61. The summed E-state index contributed by atoms with van der Waals surface area (Å²) in [6.07, 6.45) is 2.97. The first-order valence-corrected chi connectivity index (χ1v) is 6.07. The van der Waals surface area contributed by atoms with E-state index in [-0.39, 0.29) is 11.5 Å². The molecule has 0 radical (unpaired) electrons. The van der Waals surface area contributed by atoms with E-state index in [2.05, 4.69) is 0 Å². The SMILES string of the molecule is N#Cc1cccc(/C=C/C(=O)c2ccc([N+](=O)[O-])cc2)c1. The van der Waals surface area contributed by atoms with Crippen LogP contribution in [0.1, 0.15) is 21.5 Å². The first-order valence-electron chi connectivity index (χ1n) is 6.07. The number of nitrogens with zero attached hydrogens (tertiary/aromatic N) is 2. The Bertz CT molecular complexity index is 756. The van der Waals surface area contributed by atoms with E-state index in [4.69, 9.17) is 5.26 Å². The van der Waals surface area contributed by atoms with Crippen molar-refractivity contribution in [1.82, 2.24) is 0 Å². The van der Waals surface area contributed by atoms with Crippen LogP contribution in [0.3, 0.4) is 0 Å². The van der Waals surface area contributed by atoms with Crippen molar-refractivity contribution >= 4 is 17.5 Å². The van der Waals surface area contributed by atoms with Crippen LogP contribution in [0.4, 0.5) is 5.69 Å². The molecule has 0 saturated heterocycles. The van der Waals surface area contributed by atoms with Crippen molar-refractivity contribution in [1.29, 1.82) is 5.26 Å². The molecule has 0 fully saturated rings. The van der Waals surface area contributed by atoms with Crippen LogP contribution in [-0.2, 0) is 0 Å². The molecule has 102 valence electrons. The fraction of sp³-hybridized carbons (Fsp3) is 0. The lowest BCUT2D eigenvalue weighted by Crippen LogP contribution is -1.95. The van der Waals surface area contributed by atoms with E-state index in [0.717, 1.165) is 5.56 Å². The Labute approximate surface area is 120 Å². The maximum absolute atomic E-state index is 11.9. The minimum absolute atomic E-state index is 0.0581. The van der Waals surface area contributed by atoms with E-state index < -0.39 is 4.92 Å².